The molecule has 1 rings (SSSR count). The first-order chi connectivity index (χ1) is 5.68. The first kappa shape index (κ1) is 10.1. The number of carbonyl (C=O) groups is 1. The van der Waals surface area contributed by atoms with Crippen molar-refractivity contribution in [3.05, 3.63) is 0 Å². The second kappa shape index (κ2) is 4.30. The van der Waals surface area contributed by atoms with Crippen molar-refractivity contribution in [1.29, 1.82) is 0 Å². The highest BCUT2D eigenvalue weighted by molar-refractivity contribution is 14.1. The summed E-state index contributed by atoms with van der Waals surface area (Å²) >= 11 is 2.20. The van der Waals surface area contributed by atoms with Crippen LogP contribution in [0.5, 0.6) is 0 Å². The van der Waals surface area contributed by atoms with E-state index in [1.165, 1.54) is 6.42 Å². The van der Waals surface area contributed by atoms with Crippen LogP contribution in [0.15, 0.2) is 0 Å². The minimum atomic E-state index is -1.13. The molecule has 0 radical (unpaired) electrons. The molecule has 0 saturated heterocycles. The lowest BCUT2D eigenvalue weighted by molar-refractivity contribution is -0.0239. The first-order valence-electron chi connectivity index (χ1n) is 4.16. The van der Waals surface area contributed by atoms with Crippen molar-refractivity contribution in [2.75, 3.05) is 4.43 Å². The molecule has 3 nitrogen and oxygen atoms in total. The van der Waals surface area contributed by atoms with Gasteiger partial charge in [0.05, 0.1) is 0 Å². The Bertz CT molecular complexity index is 164. The lowest BCUT2D eigenvalue weighted by Gasteiger charge is -2.33. The van der Waals surface area contributed by atoms with Gasteiger partial charge in [0.2, 0.25) is 0 Å². The fourth-order valence-corrected chi connectivity index (χ4v) is 2.56. The van der Waals surface area contributed by atoms with Gasteiger partial charge in [-0.05, 0) is 25.7 Å². The van der Waals surface area contributed by atoms with Crippen LogP contribution in [0.2, 0.25) is 0 Å². The third kappa shape index (κ3) is 2.50. The van der Waals surface area contributed by atoms with E-state index in [0.717, 1.165) is 30.1 Å². The highest BCUT2D eigenvalue weighted by Crippen LogP contribution is 2.33. The molecule has 0 aromatic carbocycles. The summed E-state index contributed by atoms with van der Waals surface area (Å²) in [5.74, 6) is 0. The normalized spacial score (nSPS) is 21.8. The van der Waals surface area contributed by atoms with Gasteiger partial charge in [0, 0.05) is 4.43 Å². The molecule has 4 heteroatoms. The lowest BCUT2D eigenvalue weighted by atomic mass is 9.86. The van der Waals surface area contributed by atoms with E-state index in [4.69, 9.17) is 9.84 Å². The van der Waals surface area contributed by atoms with E-state index in [1.54, 1.807) is 0 Å². The summed E-state index contributed by atoms with van der Waals surface area (Å²) in [5, 5.41) is 8.54. The molecule has 1 aliphatic rings. The second-order valence-corrected chi connectivity index (χ2v) is 4.01. The molecule has 0 bridgehead atoms. The lowest BCUT2D eigenvalue weighted by Crippen LogP contribution is -2.38. The van der Waals surface area contributed by atoms with Crippen molar-refractivity contribution < 1.29 is 14.6 Å². The largest absolute Gasteiger partial charge is 0.506 e. The number of ether oxygens (including phenoxy) is 1. The van der Waals surface area contributed by atoms with Gasteiger partial charge in [-0.15, -0.1) is 0 Å². The Morgan fingerprint density at radius 3 is 2.42 bits per heavy atom. The number of alkyl halides is 1. The molecule has 70 valence electrons. The number of rotatable bonds is 2. The predicted molar refractivity (Wildman–Crippen MR) is 53.8 cm³/mol. The van der Waals surface area contributed by atoms with Crippen LogP contribution in [0.1, 0.15) is 32.1 Å². The number of hydrogen-bond acceptors (Lipinski definition) is 2. The molecule has 0 aromatic rings. The van der Waals surface area contributed by atoms with E-state index < -0.39 is 6.16 Å². The van der Waals surface area contributed by atoms with Crippen LogP contribution in [0.4, 0.5) is 4.79 Å². The van der Waals surface area contributed by atoms with Crippen LogP contribution in [-0.2, 0) is 4.74 Å². The molecule has 0 spiro atoms. The first-order valence-corrected chi connectivity index (χ1v) is 5.69. The molecule has 0 aromatic heterocycles. The number of carboxylic acid groups (broad SMARTS) is 1. The summed E-state index contributed by atoms with van der Waals surface area (Å²) in [7, 11) is 0. The van der Waals surface area contributed by atoms with Gasteiger partial charge < -0.3 is 9.84 Å². The van der Waals surface area contributed by atoms with E-state index in [9.17, 15) is 4.79 Å². The molecule has 0 aliphatic heterocycles. The van der Waals surface area contributed by atoms with Crippen LogP contribution >= 0.6 is 22.6 Å². The molecule has 0 unspecified atom stereocenters. The second-order valence-electron chi connectivity index (χ2n) is 3.25. The van der Waals surface area contributed by atoms with Gasteiger partial charge in [-0.1, -0.05) is 29.0 Å². The molecule has 1 aliphatic carbocycles. The van der Waals surface area contributed by atoms with Crippen LogP contribution in [0.3, 0.4) is 0 Å². The summed E-state index contributed by atoms with van der Waals surface area (Å²) in [6, 6.07) is 0. The topological polar surface area (TPSA) is 46.5 Å². The average Bonchev–Trinajstić information content (AvgIpc) is 2.05. The minimum Gasteiger partial charge on any atom is -0.450 e. The standard InChI is InChI=1S/C8H13IO3/c9-6-8(12-7(10)11)4-2-1-3-5-8/h1-6H2,(H,10,11). The van der Waals surface area contributed by atoms with E-state index in [1.807, 2.05) is 0 Å². The van der Waals surface area contributed by atoms with Crippen LogP contribution in [-0.4, -0.2) is 21.3 Å². The molecule has 0 atom stereocenters. The zero-order valence-electron chi connectivity index (χ0n) is 6.88. The SMILES string of the molecule is O=C(O)OC1(CI)CCCCC1. The molecular weight excluding hydrogens is 271 g/mol. The molecule has 1 N–H and O–H groups in total. The van der Waals surface area contributed by atoms with Crippen molar-refractivity contribution in [1.82, 2.24) is 0 Å². The van der Waals surface area contributed by atoms with Crippen molar-refractivity contribution >= 4 is 28.7 Å². The Hall–Kier alpha value is 0. The van der Waals surface area contributed by atoms with E-state index >= 15 is 0 Å². The molecule has 1 fully saturated rings. The number of hydrogen-bond donors (Lipinski definition) is 1. The van der Waals surface area contributed by atoms with Crippen molar-refractivity contribution in [2.45, 2.75) is 37.7 Å². The third-order valence-electron chi connectivity index (χ3n) is 2.31. The summed E-state index contributed by atoms with van der Waals surface area (Å²) in [4.78, 5) is 10.4. The van der Waals surface area contributed by atoms with Gasteiger partial charge in [0.15, 0.2) is 0 Å². The highest BCUT2D eigenvalue weighted by atomic mass is 127. The Morgan fingerprint density at radius 1 is 1.42 bits per heavy atom. The maximum atomic E-state index is 10.4. The molecule has 0 heterocycles. The van der Waals surface area contributed by atoms with Crippen LogP contribution in [0, 0.1) is 0 Å². The fourth-order valence-electron chi connectivity index (χ4n) is 1.64. The maximum Gasteiger partial charge on any atom is 0.506 e. The van der Waals surface area contributed by atoms with Gasteiger partial charge in [-0.2, -0.15) is 0 Å². The van der Waals surface area contributed by atoms with E-state index in [-0.39, 0.29) is 5.60 Å². The minimum absolute atomic E-state index is 0.370. The third-order valence-corrected chi connectivity index (χ3v) is 3.70. The zero-order chi connectivity index (χ0) is 9.03. The van der Waals surface area contributed by atoms with Crippen molar-refractivity contribution in [3.8, 4) is 0 Å². The Morgan fingerprint density at radius 2 is 2.00 bits per heavy atom. The zero-order valence-corrected chi connectivity index (χ0v) is 9.04. The van der Waals surface area contributed by atoms with Gasteiger partial charge in [-0.25, -0.2) is 4.79 Å². The molecule has 12 heavy (non-hydrogen) atoms. The van der Waals surface area contributed by atoms with Crippen molar-refractivity contribution in [2.24, 2.45) is 0 Å². The molecule has 0 amide bonds. The smallest absolute Gasteiger partial charge is 0.450 e. The fraction of sp³-hybridized carbons (Fsp3) is 0.875. The molecule has 1 saturated carbocycles. The molecular formula is C8H13IO3. The quantitative estimate of drug-likeness (QED) is 0.482. The highest BCUT2D eigenvalue weighted by Gasteiger charge is 2.34. The van der Waals surface area contributed by atoms with Gasteiger partial charge in [0.25, 0.3) is 0 Å². The Labute approximate surface area is 85.6 Å². The van der Waals surface area contributed by atoms with Gasteiger partial charge in [-0.3, -0.25) is 0 Å². The maximum absolute atomic E-state index is 10.4. The van der Waals surface area contributed by atoms with Crippen LogP contribution < -0.4 is 0 Å². The summed E-state index contributed by atoms with van der Waals surface area (Å²) in [6.07, 6.45) is 4.05. The predicted octanol–water partition coefficient (Wildman–Crippen LogP) is 2.82. The van der Waals surface area contributed by atoms with Crippen molar-refractivity contribution in [3.63, 3.8) is 0 Å². The average molecular weight is 284 g/mol. The van der Waals surface area contributed by atoms with E-state index in [2.05, 4.69) is 22.6 Å². The Balaban J connectivity index is 2.53. The summed E-state index contributed by atoms with van der Waals surface area (Å²) in [5.41, 5.74) is -0.370. The Kier molecular flexibility index (Phi) is 3.61. The van der Waals surface area contributed by atoms with Gasteiger partial charge >= 0.3 is 6.16 Å². The monoisotopic (exact) mass is 284 g/mol. The number of halogens is 1. The van der Waals surface area contributed by atoms with E-state index in [0.29, 0.717) is 0 Å². The summed E-state index contributed by atoms with van der Waals surface area (Å²) < 4.78 is 5.71. The summed E-state index contributed by atoms with van der Waals surface area (Å²) in [6.45, 7) is 0. The van der Waals surface area contributed by atoms with Crippen LogP contribution in [0.25, 0.3) is 0 Å². The van der Waals surface area contributed by atoms with Gasteiger partial charge in [0.1, 0.15) is 5.60 Å².